The molecule has 1 N–H and O–H groups in total. The lowest BCUT2D eigenvalue weighted by atomic mass is 10.0. The second-order valence-corrected chi connectivity index (χ2v) is 8.75. The van der Waals surface area contributed by atoms with Crippen LogP contribution in [0.15, 0.2) is 18.2 Å². The van der Waals surface area contributed by atoms with Crippen molar-refractivity contribution in [3.05, 3.63) is 33.6 Å². The molecule has 7 nitrogen and oxygen atoms in total. The Bertz CT molecular complexity index is 1010. The van der Waals surface area contributed by atoms with Gasteiger partial charge in [0.05, 0.1) is 36.9 Å². The van der Waals surface area contributed by atoms with E-state index in [1.165, 1.54) is 18.4 Å². The number of rotatable bonds is 2. The predicted molar refractivity (Wildman–Crippen MR) is 113 cm³/mol. The average Bonchev–Trinajstić information content (AvgIpc) is 3.11. The summed E-state index contributed by atoms with van der Waals surface area (Å²) >= 11 is 1.35. The monoisotopic (exact) mass is 428 g/mol. The molecule has 2 aliphatic rings. The van der Waals surface area contributed by atoms with E-state index in [4.69, 9.17) is 14.2 Å². The molecule has 0 amide bonds. The van der Waals surface area contributed by atoms with Crippen LogP contribution in [-0.2, 0) is 9.47 Å². The largest absolute Gasteiger partial charge is 0.491 e. The molecule has 8 heteroatoms. The Balaban J connectivity index is 1.81. The molecule has 0 bridgehead atoms. The zero-order chi connectivity index (χ0) is 21.3. The van der Waals surface area contributed by atoms with Crippen molar-refractivity contribution in [1.29, 1.82) is 0 Å². The fraction of sp³-hybridized carbons (Fsp3) is 0.455. The molecule has 2 aliphatic heterocycles. The number of ether oxygens (including phenoxy) is 3. The van der Waals surface area contributed by atoms with Crippen LogP contribution < -0.4 is 4.74 Å². The van der Waals surface area contributed by atoms with E-state index in [9.17, 15) is 9.90 Å². The highest BCUT2D eigenvalue weighted by Gasteiger charge is 2.33. The van der Waals surface area contributed by atoms with Gasteiger partial charge in [-0.2, -0.15) is 0 Å². The van der Waals surface area contributed by atoms with E-state index in [0.717, 1.165) is 34.8 Å². The molecule has 1 aromatic carbocycles. The fourth-order valence-corrected chi connectivity index (χ4v) is 4.59. The third-order valence-corrected chi connectivity index (χ3v) is 6.08. The van der Waals surface area contributed by atoms with Gasteiger partial charge in [0.1, 0.15) is 18.0 Å². The SMILES string of the molecule is COC(=O)c1nc2c(s1)C(N1CCOCC1)COc1ccc(C#CC(C)(C)O)cc1-2. The van der Waals surface area contributed by atoms with Gasteiger partial charge in [0, 0.05) is 24.2 Å². The second-order valence-electron chi connectivity index (χ2n) is 7.72. The van der Waals surface area contributed by atoms with Gasteiger partial charge in [0.25, 0.3) is 0 Å². The third-order valence-electron chi connectivity index (χ3n) is 4.95. The maximum absolute atomic E-state index is 12.2. The number of fused-ring (bicyclic) bond motifs is 3. The molecule has 0 radical (unpaired) electrons. The minimum atomic E-state index is -1.09. The summed E-state index contributed by atoms with van der Waals surface area (Å²) in [7, 11) is 1.36. The molecule has 1 unspecified atom stereocenters. The van der Waals surface area contributed by atoms with Crippen molar-refractivity contribution < 1.29 is 24.1 Å². The number of hydrogen-bond acceptors (Lipinski definition) is 8. The topological polar surface area (TPSA) is 81.1 Å². The number of aliphatic hydroxyl groups is 1. The molecule has 0 saturated carbocycles. The lowest BCUT2D eigenvalue weighted by molar-refractivity contribution is 0.00683. The highest BCUT2D eigenvalue weighted by Crippen LogP contribution is 2.43. The van der Waals surface area contributed by atoms with Crippen LogP contribution in [0.3, 0.4) is 0 Å². The van der Waals surface area contributed by atoms with E-state index in [1.54, 1.807) is 13.8 Å². The van der Waals surface area contributed by atoms with Crippen LogP contribution in [0.4, 0.5) is 0 Å². The van der Waals surface area contributed by atoms with E-state index < -0.39 is 11.6 Å². The summed E-state index contributed by atoms with van der Waals surface area (Å²) in [4.78, 5) is 20.1. The van der Waals surface area contributed by atoms with Crippen LogP contribution in [0, 0.1) is 11.8 Å². The Morgan fingerprint density at radius 1 is 1.37 bits per heavy atom. The van der Waals surface area contributed by atoms with E-state index in [2.05, 4.69) is 21.7 Å². The molecule has 1 atom stereocenters. The van der Waals surface area contributed by atoms with Gasteiger partial charge in [-0.1, -0.05) is 11.8 Å². The van der Waals surface area contributed by atoms with Crippen molar-refractivity contribution in [1.82, 2.24) is 9.88 Å². The van der Waals surface area contributed by atoms with Crippen LogP contribution >= 0.6 is 11.3 Å². The molecule has 2 aromatic rings. The number of benzene rings is 1. The molecule has 0 aliphatic carbocycles. The van der Waals surface area contributed by atoms with Crippen molar-refractivity contribution in [3.63, 3.8) is 0 Å². The van der Waals surface area contributed by atoms with Crippen LogP contribution in [0.25, 0.3) is 11.3 Å². The van der Waals surface area contributed by atoms with Gasteiger partial charge >= 0.3 is 5.97 Å². The predicted octanol–water partition coefficient (Wildman–Crippen LogP) is 2.48. The number of hydrogen-bond donors (Lipinski definition) is 1. The lowest BCUT2D eigenvalue weighted by Crippen LogP contribution is -2.40. The molecule has 158 valence electrons. The molecule has 4 rings (SSSR count). The highest BCUT2D eigenvalue weighted by atomic mass is 32.1. The molecule has 1 aromatic heterocycles. The minimum absolute atomic E-state index is 0.0295. The Hall–Kier alpha value is -2.44. The van der Waals surface area contributed by atoms with E-state index in [0.29, 0.717) is 30.6 Å². The summed E-state index contributed by atoms with van der Waals surface area (Å²) in [6.45, 7) is 6.64. The number of carbonyl (C=O) groups excluding carboxylic acids is 1. The zero-order valence-corrected chi connectivity index (χ0v) is 18.0. The van der Waals surface area contributed by atoms with E-state index >= 15 is 0 Å². The quantitative estimate of drug-likeness (QED) is 0.581. The molecule has 30 heavy (non-hydrogen) atoms. The summed E-state index contributed by atoms with van der Waals surface area (Å²) in [5, 5.41) is 10.2. The zero-order valence-electron chi connectivity index (χ0n) is 17.2. The summed E-state index contributed by atoms with van der Waals surface area (Å²) in [5.41, 5.74) is 1.16. The van der Waals surface area contributed by atoms with Gasteiger partial charge in [-0.25, -0.2) is 9.78 Å². The normalized spacial score (nSPS) is 18.9. The van der Waals surface area contributed by atoms with Gasteiger partial charge in [0.15, 0.2) is 0 Å². The first kappa shape index (κ1) is 20.8. The second kappa shape index (κ2) is 8.36. The van der Waals surface area contributed by atoms with Crippen molar-refractivity contribution in [2.45, 2.75) is 25.5 Å². The summed E-state index contributed by atoms with van der Waals surface area (Å²) in [5.74, 6) is 6.08. The summed E-state index contributed by atoms with van der Waals surface area (Å²) in [6, 6.07) is 5.60. The third kappa shape index (κ3) is 4.35. The van der Waals surface area contributed by atoms with Crippen molar-refractivity contribution in [3.8, 4) is 28.8 Å². The van der Waals surface area contributed by atoms with Gasteiger partial charge in [-0.3, -0.25) is 4.90 Å². The Labute approximate surface area is 179 Å². The Morgan fingerprint density at radius 3 is 2.83 bits per heavy atom. The minimum Gasteiger partial charge on any atom is -0.491 e. The van der Waals surface area contributed by atoms with Crippen LogP contribution in [0.2, 0.25) is 0 Å². The maximum Gasteiger partial charge on any atom is 0.367 e. The van der Waals surface area contributed by atoms with Crippen molar-refractivity contribution in [2.24, 2.45) is 0 Å². The maximum atomic E-state index is 12.2. The number of methoxy groups -OCH3 is 1. The molecule has 3 heterocycles. The number of morpholine rings is 1. The molecule has 0 spiro atoms. The number of thiazole rings is 1. The van der Waals surface area contributed by atoms with Crippen LogP contribution in [0.5, 0.6) is 5.75 Å². The molecule has 1 saturated heterocycles. The smallest absolute Gasteiger partial charge is 0.367 e. The lowest BCUT2D eigenvalue weighted by Gasteiger charge is -2.33. The molecule has 1 fully saturated rings. The molecular weight excluding hydrogens is 404 g/mol. The van der Waals surface area contributed by atoms with Crippen molar-refractivity contribution >= 4 is 17.3 Å². The first-order chi connectivity index (χ1) is 14.4. The van der Waals surface area contributed by atoms with E-state index in [-0.39, 0.29) is 6.04 Å². The Morgan fingerprint density at radius 2 is 2.13 bits per heavy atom. The number of aromatic nitrogens is 1. The van der Waals surface area contributed by atoms with Gasteiger partial charge < -0.3 is 19.3 Å². The number of nitrogens with zero attached hydrogens (tertiary/aromatic N) is 2. The number of esters is 1. The van der Waals surface area contributed by atoms with E-state index in [1.807, 2.05) is 18.2 Å². The standard InChI is InChI=1S/C22H24N2O5S/c1-22(2,26)7-6-14-4-5-17-15(12-14)18-19(30-20(23-18)21(25)27-3)16(13-29-17)24-8-10-28-11-9-24/h4-5,12,16,26H,8-11,13H2,1-3H3. The van der Waals surface area contributed by atoms with Gasteiger partial charge in [-0.15, -0.1) is 11.3 Å². The summed E-state index contributed by atoms with van der Waals surface area (Å²) < 4.78 is 16.6. The van der Waals surface area contributed by atoms with Gasteiger partial charge in [-0.05, 0) is 32.0 Å². The first-order valence-corrected chi connectivity index (χ1v) is 10.6. The Kier molecular flexibility index (Phi) is 5.80. The molecular formula is C22H24N2O5S. The van der Waals surface area contributed by atoms with Crippen LogP contribution in [0.1, 0.15) is 40.1 Å². The first-order valence-electron chi connectivity index (χ1n) is 9.79. The fourth-order valence-electron chi connectivity index (χ4n) is 3.47. The van der Waals surface area contributed by atoms with Crippen LogP contribution in [-0.4, -0.2) is 66.6 Å². The number of carbonyl (C=O) groups is 1. The van der Waals surface area contributed by atoms with Crippen molar-refractivity contribution in [2.75, 3.05) is 40.0 Å². The summed E-state index contributed by atoms with van der Waals surface area (Å²) in [6.07, 6.45) is 0. The highest BCUT2D eigenvalue weighted by molar-refractivity contribution is 7.14. The average molecular weight is 429 g/mol. The van der Waals surface area contributed by atoms with Gasteiger partial charge in [0.2, 0.25) is 5.01 Å².